The largest absolute Gasteiger partial charge is 0.307 e. The quantitative estimate of drug-likeness (QED) is 0.153. The summed E-state index contributed by atoms with van der Waals surface area (Å²) in [6.45, 7) is 0. The van der Waals surface area contributed by atoms with Crippen molar-refractivity contribution in [1.29, 1.82) is 0 Å². The lowest BCUT2D eigenvalue weighted by Gasteiger charge is -2.16. The van der Waals surface area contributed by atoms with Crippen LogP contribution in [0.25, 0.3) is 123 Å². The van der Waals surface area contributed by atoms with Crippen LogP contribution in [-0.2, 0) is 0 Å². The third kappa shape index (κ3) is 6.68. The van der Waals surface area contributed by atoms with Crippen LogP contribution in [0.4, 0.5) is 0 Å². The van der Waals surface area contributed by atoms with Crippen molar-refractivity contribution in [3.8, 4) is 78.9 Å². The van der Waals surface area contributed by atoms with Gasteiger partial charge in [-0.25, -0.2) is 4.98 Å². The summed E-state index contributed by atoms with van der Waals surface area (Å²) in [5, 5.41) is 4.56. The zero-order valence-electron chi connectivity index (χ0n) is 36.9. The van der Waals surface area contributed by atoms with E-state index in [1.54, 1.807) is 0 Å². The standard InChI is InChI=1S/C63H41N5/c1-4-19-42(20-5-1)45-25-16-26-46(39-45)47-27-17-28-48(40-47)49-29-18-30-50(41-49)51-31-10-13-34-56(51)67-57-35-14-11-32-52(57)54-37-38-55-53-33-12-15-36-58(53)68(60(55)59(54)67)63-65-61(43-21-6-2-7-22-43)64-62(66-63)44-23-8-3-9-24-44/h1-41H. The lowest BCUT2D eigenvalue weighted by Crippen LogP contribution is -2.07. The molecule has 5 heteroatoms. The second-order valence-corrected chi connectivity index (χ2v) is 17.2. The van der Waals surface area contributed by atoms with Gasteiger partial charge in [0.25, 0.3) is 0 Å². The Morgan fingerprint density at radius 1 is 0.250 bits per heavy atom. The molecule has 0 saturated carbocycles. The Morgan fingerprint density at radius 3 is 1.18 bits per heavy atom. The molecular formula is C63H41N5. The third-order valence-electron chi connectivity index (χ3n) is 13.2. The van der Waals surface area contributed by atoms with Gasteiger partial charge in [-0.15, -0.1) is 0 Å². The van der Waals surface area contributed by atoms with E-state index in [0.29, 0.717) is 17.6 Å². The van der Waals surface area contributed by atoms with Gasteiger partial charge in [0.15, 0.2) is 11.6 Å². The first-order valence-electron chi connectivity index (χ1n) is 23.0. The highest BCUT2D eigenvalue weighted by atomic mass is 15.2. The highest BCUT2D eigenvalue weighted by Gasteiger charge is 2.24. The van der Waals surface area contributed by atoms with E-state index in [4.69, 9.17) is 15.0 Å². The molecule has 0 N–H and O–H groups in total. The number of aromatic nitrogens is 5. The van der Waals surface area contributed by atoms with Crippen molar-refractivity contribution in [3.63, 3.8) is 0 Å². The Morgan fingerprint density at radius 2 is 0.632 bits per heavy atom. The van der Waals surface area contributed by atoms with Crippen molar-refractivity contribution in [1.82, 2.24) is 24.1 Å². The van der Waals surface area contributed by atoms with Crippen molar-refractivity contribution >= 4 is 43.6 Å². The van der Waals surface area contributed by atoms with Crippen LogP contribution in [0.5, 0.6) is 0 Å². The molecule has 0 bridgehead atoms. The number of hydrogen-bond acceptors (Lipinski definition) is 3. The number of para-hydroxylation sites is 3. The lowest BCUT2D eigenvalue weighted by atomic mass is 9.94. The van der Waals surface area contributed by atoms with Crippen molar-refractivity contribution < 1.29 is 0 Å². The highest BCUT2D eigenvalue weighted by molar-refractivity contribution is 6.24. The number of hydrogen-bond donors (Lipinski definition) is 0. The first-order valence-corrected chi connectivity index (χ1v) is 23.0. The van der Waals surface area contributed by atoms with E-state index < -0.39 is 0 Å². The maximum atomic E-state index is 5.31. The zero-order chi connectivity index (χ0) is 45.0. The van der Waals surface area contributed by atoms with Crippen LogP contribution < -0.4 is 0 Å². The average Bonchev–Trinajstić information content (AvgIpc) is 3.95. The fourth-order valence-corrected chi connectivity index (χ4v) is 10.0. The molecule has 68 heavy (non-hydrogen) atoms. The molecule has 10 aromatic carbocycles. The summed E-state index contributed by atoms with van der Waals surface area (Å²) in [7, 11) is 0. The van der Waals surface area contributed by atoms with Crippen LogP contribution in [0.1, 0.15) is 0 Å². The minimum atomic E-state index is 0.559. The highest BCUT2D eigenvalue weighted by Crippen LogP contribution is 2.43. The van der Waals surface area contributed by atoms with Crippen molar-refractivity contribution in [2.75, 3.05) is 0 Å². The van der Waals surface area contributed by atoms with Gasteiger partial charge >= 0.3 is 0 Å². The van der Waals surface area contributed by atoms with E-state index in [0.717, 1.165) is 77.3 Å². The van der Waals surface area contributed by atoms with E-state index in [1.165, 1.54) is 27.6 Å². The van der Waals surface area contributed by atoms with Crippen LogP contribution >= 0.6 is 0 Å². The Balaban J connectivity index is 1.02. The van der Waals surface area contributed by atoms with Gasteiger partial charge in [0.1, 0.15) is 0 Å². The molecule has 0 unspecified atom stereocenters. The Hall–Kier alpha value is -9.19. The van der Waals surface area contributed by atoms with Crippen LogP contribution in [-0.4, -0.2) is 24.1 Å². The molecule has 0 atom stereocenters. The normalized spacial score (nSPS) is 11.5. The number of benzene rings is 10. The first-order chi connectivity index (χ1) is 33.7. The van der Waals surface area contributed by atoms with Crippen molar-refractivity contribution in [2.24, 2.45) is 0 Å². The fourth-order valence-electron chi connectivity index (χ4n) is 10.0. The summed E-state index contributed by atoms with van der Waals surface area (Å²) in [6, 6.07) is 88.4. The number of fused-ring (bicyclic) bond motifs is 7. The molecule has 0 aliphatic rings. The number of rotatable bonds is 8. The predicted molar refractivity (Wildman–Crippen MR) is 281 cm³/mol. The third-order valence-corrected chi connectivity index (χ3v) is 13.2. The fraction of sp³-hybridized carbons (Fsp3) is 0. The minimum absolute atomic E-state index is 0.559. The Bertz CT molecular complexity index is 3960. The molecule has 0 spiro atoms. The van der Waals surface area contributed by atoms with Gasteiger partial charge in [0.05, 0.1) is 27.8 Å². The SMILES string of the molecule is c1ccc(-c2cccc(-c3cccc(-c4cccc(-c5ccccc5-n5c6ccccc6c6ccc7c8ccccc8n(-c8nc(-c9ccccc9)nc(-c9ccccc9)n8)c7c65)c4)c3)c2)cc1. The summed E-state index contributed by atoms with van der Waals surface area (Å²) < 4.78 is 4.72. The van der Waals surface area contributed by atoms with Gasteiger partial charge in [0, 0.05) is 38.2 Å². The molecule has 3 aromatic heterocycles. The second-order valence-electron chi connectivity index (χ2n) is 17.2. The van der Waals surface area contributed by atoms with Gasteiger partial charge < -0.3 is 4.57 Å². The van der Waals surface area contributed by atoms with Gasteiger partial charge in [-0.2, -0.15) is 9.97 Å². The van der Waals surface area contributed by atoms with Crippen LogP contribution in [0.15, 0.2) is 249 Å². The smallest absolute Gasteiger partial charge is 0.238 e. The van der Waals surface area contributed by atoms with Crippen LogP contribution in [0.3, 0.4) is 0 Å². The summed E-state index contributed by atoms with van der Waals surface area (Å²) in [5.41, 5.74) is 16.5. The molecule has 0 saturated heterocycles. The Labute approximate surface area is 393 Å². The van der Waals surface area contributed by atoms with Crippen LogP contribution in [0, 0.1) is 0 Å². The summed E-state index contributed by atoms with van der Waals surface area (Å²) in [4.78, 5) is 15.7. The molecule has 0 fully saturated rings. The van der Waals surface area contributed by atoms with E-state index in [-0.39, 0.29) is 0 Å². The molecule has 0 aliphatic heterocycles. The maximum Gasteiger partial charge on any atom is 0.238 e. The van der Waals surface area contributed by atoms with E-state index in [2.05, 4.69) is 221 Å². The topological polar surface area (TPSA) is 48.5 Å². The molecule has 3 heterocycles. The molecule has 13 aromatic rings. The van der Waals surface area contributed by atoms with E-state index >= 15 is 0 Å². The summed E-state index contributed by atoms with van der Waals surface area (Å²) in [5.74, 6) is 1.79. The van der Waals surface area contributed by atoms with Gasteiger partial charge in [-0.1, -0.05) is 212 Å². The van der Waals surface area contributed by atoms with E-state index in [1.807, 2.05) is 36.4 Å². The molecular weight excluding hydrogens is 827 g/mol. The molecule has 0 aliphatic carbocycles. The van der Waals surface area contributed by atoms with Gasteiger partial charge in [-0.05, 0) is 75.3 Å². The number of nitrogens with zero attached hydrogens (tertiary/aromatic N) is 5. The zero-order valence-corrected chi connectivity index (χ0v) is 36.9. The summed E-state index contributed by atoms with van der Waals surface area (Å²) in [6.07, 6.45) is 0. The maximum absolute atomic E-state index is 5.31. The minimum Gasteiger partial charge on any atom is -0.307 e. The first kappa shape index (κ1) is 39.2. The molecule has 318 valence electrons. The predicted octanol–water partition coefficient (Wildman–Crippen LogP) is 16.1. The second kappa shape index (κ2) is 16.4. The summed E-state index contributed by atoms with van der Waals surface area (Å²) >= 11 is 0. The van der Waals surface area contributed by atoms with Gasteiger partial charge in [-0.3, -0.25) is 4.57 Å². The molecule has 13 rings (SSSR count). The molecule has 0 amide bonds. The lowest BCUT2D eigenvalue weighted by molar-refractivity contribution is 0.953. The van der Waals surface area contributed by atoms with Crippen molar-refractivity contribution in [2.45, 2.75) is 0 Å². The van der Waals surface area contributed by atoms with Crippen LogP contribution in [0.2, 0.25) is 0 Å². The van der Waals surface area contributed by atoms with Gasteiger partial charge in [0.2, 0.25) is 5.95 Å². The average molecular weight is 868 g/mol. The molecule has 5 nitrogen and oxygen atoms in total. The monoisotopic (exact) mass is 867 g/mol. The molecule has 0 radical (unpaired) electrons. The van der Waals surface area contributed by atoms with Crippen molar-refractivity contribution in [3.05, 3.63) is 249 Å². The van der Waals surface area contributed by atoms with E-state index in [9.17, 15) is 0 Å². The Kier molecular flexibility index (Phi) is 9.43.